The van der Waals surface area contributed by atoms with Gasteiger partial charge in [0.1, 0.15) is 6.04 Å². The summed E-state index contributed by atoms with van der Waals surface area (Å²) in [6, 6.07) is 13.0. The molecule has 0 aliphatic carbocycles. The van der Waals surface area contributed by atoms with E-state index in [9.17, 15) is 4.79 Å². The number of thioether (sulfide) groups is 1. The van der Waals surface area contributed by atoms with E-state index in [0.717, 1.165) is 16.8 Å². The molecule has 3 aromatic rings. The number of anilines is 1. The van der Waals surface area contributed by atoms with Crippen molar-refractivity contribution in [2.45, 2.75) is 57.7 Å². The van der Waals surface area contributed by atoms with Gasteiger partial charge < -0.3 is 14.8 Å². The van der Waals surface area contributed by atoms with Crippen LogP contribution in [0.15, 0.2) is 58.9 Å². The van der Waals surface area contributed by atoms with Crippen molar-refractivity contribution < 1.29 is 14.3 Å². The second-order valence-corrected chi connectivity index (χ2v) is 9.82. The van der Waals surface area contributed by atoms with Gasteiger partial charge in [0.2, 0.25) is 11.1 Å². The maximum atomic E-state index is 12.7. The first kappa shape index (κ1) is 25.1. The van der Waals surface area contributed by atoms with Crippen LogP contribution in [-0.2, 0) is 10.5 Å². The summed E-state index contributed by atoms with van der Waals surface area (Å²) in [5.41, 5.74) is 3.26. The largest absolute Gasteiger partial charge is 0.490 e. The number of carbonyl (C=O) groups excluding carboxylic acids is 1. The Labute approximate surface area is 214 Å². The molecule has 9 heteroatoms. The minimum Gasteiger partial charge on any atom is -0.490 e. The molecule has 1 aliphatic heterocycles. The molecule has 1 unspecified atom stereocenters. The maximum Gasteiger partial charge on any atom is 0.227 e. The molecule has 2 heterocycles. The summed E-state index contributed by atoms with van der Waals surface area (Å²) < 4.78 is 13.6. The van der Waals surface area contributed by atoms with E-state index in [1.54, 1.807) is 11.6 Å². The van der Waals surface area contributed by atoms with Crippen LogP contribution in [0.4, 0.5) is 5.95 Å². The topological polar surface area (TPSA) is 78.3 Å². The van der Waals surface area contributed by atoms with Gasteiger partial charge in [-0.2, -0.15) is 4.98 Å². The number of ketones is 1. The van der Waals surface area contributed by atoms with Crippen LogP contribution in [0, 0.1) is 0 Å². The quantitative estimate of drug-likeness (QED) is 0.337. The van der Waals surface area contributed by atoms with E-state index in [-0.39, 0.29) is 11.9 Å². The number of rotatable bonds is 9. The average molecular weight is 513 g/mol. The third kappa shape index (κ3) is 5.49. The van der Waals surface area contributed by atoms with Crippen LogP contribution in [0.1, 0.15) is 51.8 Å². The lowest BCUT2D eigenvalue weighted by Gasteiger charge is -2.28. The summed E-state index contributed by atoms with van der Waals surface area (Å²) >= 11 is 7.81. The number of aromatic nitrogens is 3. The van der Waals surface area contributed by atoms with Crippen molar-refractivity contribution in [3.63, 3.8) is 0 Å². The number of nitrogens with zero attached hydrogens (tertiary/aromatic N) is 3. The van der Waals surface area contributed by atoms with Crippen LogP contribution < -0.4 is 14.8 Å². The Hall–Kier alpha value is -2.97. The highest BCUT2D eigenvalue weighted by Crippen LogP contribution is 2.40. The van der Waals surface area contributed by atoms with Crippen LogP contribution in [0.5, 0.6) is 11.5 Å². The van der Waals surface area contributed by atoms with Crippen LogP contribution >= 0.6 is 23.4 Å². The third-order valence-electron chi connectivity index (χ3n) is 5.47. The highest BCUT2D eigenvalue weighted by Gasteiger charge is 2.33. The zero-order chi connectivity index (χ0) is 25.1. The van der Waals surface area contributed by atoms with Gasteiger partial charge >= 0.3 is 0 Å². The van der Waals surface area contributed by atoms with Crippen molar-refractivity contribution in [2.24, 2.45) is 0 Å². The van der Waals surface area contributed by atoms with Crippen LogP contribution in [0.3, 0.4) is 0 Å². The molecule has 184 valence electrons. The minimum absolute atomic E-state index is 0.00785. The number of carbonyl (C=O) groups is 1. The van der Waals surface area contributed by atoms with E-state index < -0.39 is 6.04 Å². The molecule has 4 rings (SSSR count). The molecule has 2 aromatic carbocycles. The van der Waals surface area contributed by atoms with E-state index in [2.05, 4.69) is 5.32 Å². The lowest BCUT2D eigenvalue weighted by atomic mass is 9.93. The van der Waals surface area contributed by atoms with Gasteiger partial charge in [0, 0.05) is 22.0 Å². The number of Topliss-reactive ketones (excluding diaryl/α,β-unsaturated/α-hetero) is 1. The molecule has 0 radical (unpaired) electrons. The molecular weight excluding hydrogens is 484 g/mol. The maximum absolute atomic E-state index is 12.7. The Morgan fingerprint density at radius 1 is 1.23 bits per heavy atom. The van der Waals surface area contributed by atoms with Crippen LogP contribution in [-0.4, -0.2) is 33.3 Å². The van der Waals surface area contributed by atoms with Gasteiger partial charge in [-0.05, 0) is 63.9 Å². The van der Waals surface area contributed by atoms with Gasteiger partial charge in [-0.15, -0.1) is 5.10 Å². The smallest absolute Gasteiger partial charge is 0.227 e. The summed E-state index contributed by atoms with van der Waals surface area (Å²) in [6.45, 7) is 9.83. The molecule has 1 atom stereocenters. The van der Waals surface area contributed by atoms with Gasteiger partial charge in [0.05, 0.1) is 12.7 Å². The van der Waals surface area contributed by atoms with Crippen molar-refractivity contribution in [1.82, 2.24) is 14.8 Å². The summed E-state index contributed by atoms with van der Waals surface area (Å²) in [4.78, 5) is 17.4. The van der Waals surface area contributed by atoms with Gasteiger partial charge in [-0.1, -0.05) is 47.6 Å². The lowest BCUT2D eigenvalue weighted by Crippen LogP contribution is -2.27. The first-order valence-corrected chi connectivity index (χ1v) is 12.9. The molecule has 7 nitrogen and oxygen atoms in total. The molecule has 0 spiro atoms. The monoisotopic (exact) mass is 512 g/mol. The summed E-state index contributed by atoms with van der Waals surface area (Å²) in [5, 5.41) is 9.33. The molecule has 0 fully saturated rings. The Bertz CT molecular complexity index is 1270. The molecule has 0 saturated carbocycles. The van der Waals surface area contributed by atoms with Crippen LogP contribution in [0.25, 0.3) is 0 Å². The summed E-state index contributed by atoms with van der Waals surface area (Å²) in [6.07, 6.45) is 0.00785. The number of ether oxygens (including phenoxy) is 2. The Balaban J connectivity index is 1.72. The predicted octanol–water partition coefficient (Wildman–Crippen LogP) is 6.29. The van der Waals surface area contributed by atoms with E-state index in [0.29, 0.717) is 45.6 Å². The van der Waals surface area contributed by atoms with Crippen molar-refractivity contribution in [3.8, 4) is 11.5 Å². The molecule has 0 amide bonds. The van der Waals surface area contributed by atoms with Gasteiger partial charge in [-0.25, -0.2) is 4.68 Å². The number of fused-ring (bicyclic) bond motifs is 1. The number of hydrogen-bond acceptors (Lipinski definition) is 7. The lowest BCUT2D eigenvalue weighted by molar-refractivity contribution is -0.114. The van der Waals surface area contributed by atoms with Gasteiger partial charge in [0.15, 0.2) is 17.3 Å². The molecular formula is C26H29ClN4O3S. The second-order valence-electron chi connectivity index (χ2n) is 8.47. The normalized spacial score (nSPS) is 15.1. The van der Waals surface area contributed by atoms with Crippen molar-refractivity contribution in [1.29, 1.82) is 0 Å². The molecule has 1 aromatic heterocycles. The average Bonchev–Trinajstić information content (AvgIpc) is 3.20. The van der Waals surface area contributed by atoms with Gasteiger partial charge in [0.25, 0.3) is 0 Å². The summed E-state index contributed by atoms with van der Waals surface area (Å²) in [5.74, 6) is 2.48. The summed E-state index contributed by atoms with van der Waals surface area (Å²) in [7, 11) is 0. The van der Waals surface area contributed by atoms with Crippen molar-refractivity contribution in [3.05, 3.63) is 69.9 Å². The molecule has 0 saturated heterocycles. The number of halogens is 1. The number of benzene rings is 2. The van der Waals surface area contributed by atoms with E-state index in [1.807, 2.05) is 70.2 Å². The third-order valence-corrected chi connectivity index (χ3v) is 6.73. The first-order chi connectivity index (χ1) is 16.8. The highest BCUT2D eigenvalue weighted by atomic mass is 35.5. The fraction of sp³-hybridized carbons (Fsp3) is 0.346. The SMILES string of the molecule is CCOc1cc(C2C(C(C)=O)=C(C)Nc3nc(SCc4ccccc4Cl)nn32)ccc1OC(C)C. The molecule has 1 N–H and O–H groups in total. The fourth-order valence-electron chi connectivity index (χ4n) is 4.03. The number of hydrogen-bond donors (Lipinski definition) is 1. The first-order valence-electron chi connectivity index (χ1n) is 11.5. The second kappa shape index (κ2) is 10.7. The van der Waals surface area contributed by atoms with E-state index in [4.69, 9.17) is 31.2 Å². The minimum atomic E-state index is -0.446. The zero-order valence-corrected chi connectivity index (χ0v) is 22.0. The van der Waals surface area contributed by atoms with Gasteiger partial charge in [-0.3, -0.25) is 4.79 Å². The van der Waals surface area contributed by atoms with Crippen molar-refractivity contribution >= 4 is 35.1 Å². The van der Waals surface area contributed by atoms with Crippen LogP contribution in [0.2, 0.25) is 5.02 Å². The number of nitrogens with one attached hydrogen (secondary N) is 1. The van der Waals surface area contributed by atoms with E-state index >= 15 is 0 Å². The molecule has 1 aliphatic rings. The van der Waals surface area contributed by atoms with E-state index in [1.165, 1.54) is 11.8 Å². The highest BCUT2D eigenvalue weighted by molar-refractivity contribution is 7.98. The standard InChI is InChI=1S/C26H29ClN4O3S/c1-6-33-22-13-18(11-12-21(22)34-15(2)3)24-23(17(5)32)16(4)28-25-29-26(30-31(24)25)35-14-19-9-7-8-10-20(19)27/h7-13,15,24H,6,14H2,1-5H3,(H,28,29,30). The number of allylic oxidation sites excluding steroid dienone is 2. The Morgan fingerprint density at radius 3 is 2.69 bits per heavy atom. The molecule has 35 heavy (non-hydrogen) atoms. The predicted molar refractivity (Wildman–Crippen MR) is 140 cm³/mol. The fourth-order valence-corrected chi connectivity index (χ4v) is 5.14. The Kier molecular flexibility index (Phi) is 7.72. The molecule has 0 bridgehead atoms. The van der Waals surface area contributed by atoms with Crippen molar-refractivity contribution in [2.75, 3.05) is 11.9 Å². The zero-order valence-electron chi connectivity index (χ0n) is 20.5. The Morgan fingerprint density at radius 2 is 2.00 bits per heavy atom.